The highest BCUT2D eigenvalue weighted by molar-refractivity contribution is 6.30. The number of nitro groups is 1. The molecule has 160 valence electrons. The molecular formula is C22H19ClN2O6. The maximum atomic E-state index is 12.4. The van der Waals surface area contributed by atoms with Crippen molar-refractivity contribution in [3.63, 3.8) is 0 Å². The number of nitro benzene ring substituents is 1. The van der Waals surface area contributed by atoms with Crippen molar-refractivity contribution in [3.8, 4) is 23.0 Å². The van der Waals surface area contributed by atoms with Crippen molar-refractivity contribution in [2.75, 3.05) is 14.2 Å². The molecule has 8 nitrogen and oxygen atoms in total. The van der Waals surface area contributed by atoms with Crippen LogP contribution in [0.25, 0.3) is 0 Å². The number of methoxy groups -OCH3 is 2. The second-order valence-corrected chi connectivity index (χ2v) is 6.80. The standard InChI is InChI=1S/C22H19ClN2O6/c1-29-20-9-3-14(11-21(20)30-2)13-24-22(26)15-4-7-17(8-5-15)31-19-10-6-16(23)12-18(19)25(27)28/h3-12H,13H2,1-2H3,(H,24,26). The predicted octanol–water partition coefficient (Wildman–Crippen LogP) is 4.99. The smallest absolute Gasteiger partial charge is 0.313 e. The van der Waals surface area contributed by atoms with Gasteiger partial charge in [-0.25, -0.2) is 0 Å². The molecule has 0 saturated carbocycles. The van der Waals surface area contributed by atoms with Gasteiger partial charge in [0, 0.05) is 23.2 Å². The van der Waals surface area contributed by atoms with Gasteiger partial charge in [0.2, 0.25) is 5.75 Å². The molecule has 1 amide bonds. The van der Waals surface area contributed by atoms with Crippen molar-refractivity contribution in [1.82, 2.24) is 5.32 Å². The largest absolute Gasteiger partial charge is 0.493 e. The van der Waals surface area contributed by atoms with Crippen LogP contribution in [0.1, 0.15) is 15.9 Å². The van der Waals surface area contributed by atoms with Crippen molar-refractivity contribution in [3.05, 3.63) is 86.9 Å². The van der Waals surface area contributed by atoms with Crippen LogP contribution in [-0.4, -0.2) is 25.1 Å². The van der Waals surface area contributed by atoms with Gasteiger partial charge in [0.05, 0.1) is 19.1 Å². The van der Waals surface area contributed by atoms with Crippen LogP contribution in [-0.2, 0) is 6.54 Å². The first-order chi connectivity index (χ1) is 14.9. The average Bonchev–Trinajstić information content (AvgIpc) is 2.78. The Bertz CT molecular complexity index is 1100. The molecular weight excluding hydrogens is 424 g/mol. The Morgan fingerprint density at radius 1 is 0.968 bits per heavy atom. The molecule has 0 aliphatic rings. The number of amides is 1. The van der Waals surface area contributed by atoms with Crippen LogP contribution >= 0.6 is 11.6 Å². The van der Waals surface area contributed by atoms with Crippen LogP contribution in [0, 0.1) is 10.1 Å². The van der Waals surface area contributed by atoms with Crippen molar-refractivity contribution >= 4 is 23.2 Å². The first kappa shape index (κ1) is 21.9. The lowest BCUT2D eigenvalue weighted by Crippen LogP contribution is -2.22. The van der Waals surface area contributed by atoms with Crippen molar-refractivity contribution < 1.29 is 23.9 Å². The lowest BCUT2D eigenvalue weighted by atomic mass is 10.1. The summed E-state index contributed by atoms with van der Waals surface area (Å²) in [5.74, 6) is 1.31. The van der Waals surface area contributed by atoms with Crippen LogP contribution in [0.2, 0.25) is 5.02 Å². The second kappa shape index (κ2) is 9.82. The summed E-state index contributed by atoms with van der Waals surface area (Å²) in [5.41, 5.74) is 1.02. The molecule has 0 aliphatic carbocycles. The monoisotopic (exact) mass is 442 g/mol. The van der Waals surface area contributed by atoms with Crippen LogP contribution in [0.15, 0.2) is 60.7 Å². The summed E-state index contributed by atoms with van der Waals surface area (Å²) in [6.45, 7) is 0.300. The zero-order valence-electron chi connectivity index (χ0n) is 16.8. The summed E-state index contributed by atoms with van der Waals surface area (Å²) in [6, 6.07) is 15.8. The number of rotatable bonds is 8. The van der Waals surface area contributed by atoms with Crippen LogP contribution < -0.4 is 19.5 Å². The Labute approximate surface area is 183 Å². The van der Waals surface area contributed by atoms with Crippen molar-refractivity contribution in [2.45, 2.75) is 6.54 Å². The van der Waals surface area contributed by atoms with E-state index in [9.17, 15) is 14.9 Å². The van der Waals surface area contributed by atoms with E-state index >= 15 is 0 Å². The molecule has 9 heteroatoms. The van der Waals surface area contributed by atoms with E-state index in [-0.39, 0.29) is 22.4 Å². The van der Waals surface area contributed by atoms with E-state index in [1.54, 1.807) is 50.6 Å². The third kappa shape index (κ3) is 5.43. The molecule has 0 radical (unpaired) electrons. The summed E-state index contributed by atoms with van der Waals surface area (Å²) in [7, 11) is 3.10. The van der Waals surface area contributed by atoms with Gasteiger partial charge in [0.1, 0.15) is 5.75 Å². The lowest BCUT2D eigenvalue weighted by Gasteiger charge is -2.11. The van der Waals surface area contributed by atoms with E-state index < -0.39 is 4.92 Å². The Kier molecular flexibility index (Phi) is 6.94. The Morgan fingerprint density at radius 3 is 2.29 bits per heavy atom. The third-order valence-corrected chi connectivity index (χ3v) is 4.60. The summed E-state index contributed by atoms with van der Waals surface area (Å²) < 4.78 is 16.0. The number of halogens is 1. The molecule has 1 N–H and O–H groups in total. The van der Waals surface area contributed by atoms with Crippen molar-refractivity contribution in [1.29, 1.82) is 0 Å². The highest BCUT2D eigenvalue weighted by atomic mass is 35.5. The summed E-state index contributed by atoms with van der Waals surface area (Å²) in [6.07, 6.45) is 0. The second-order valence-electron chi connectivity index (χ2n) is 6.37. The Hall–Kier alpha value is -3.78. The number of carbonyl (C=O) groups excluding carboxylic acids is 1. The fraction of sp³-hybridized carbons (Fsp3) is 0.136. The Balaban J connectivity index is 1.65. The van der Waals surface area contributed by atoms with Gasteiger partial charge in [-0.3, -0.25) is 14.9 Å². The minimum Gasteiger partial charge on any atom is -0.493 e. The Morgan fingerprint density at radius 2 is 1.65 bits per heavy atom. The van der Waals surface area contributed by atoms with E-state index in [0.29, 0.717) is 29.4 Å². The summed E-state index contributed by atoms with van der Waals surface area (Å²) >= 11 is 5.81. The summed E-state index contributed by atoms with van der Waals surface area (Å²) in [4.78, 5) is 23.0. The van der Waals surface area contributed by atoms with E-state index in [2.05, 4.69) is 5.32 Å². The fourth-order valence-electron chi connectivity index (χ4n) is 2.80. The maximum absolute atomic E-state index is 12.4. The number of ether oxygens (including phenoxy) is 3. The van der Waals surface area contributed by atoms with Crippen molar-refractivity contribution in [2.24, 2.45) is 0 Å². The molecule has 0 aliphatic heterocycles. The van der Waals surface area contributed by atoms with E-state index in [0.717, 1.165) is 5.56 Å². The normalized spacial score (nSPS) is 10.3. The topological polar surface area (TPSA) is 99.9 Å². The van der Waals surface area contributed by atoms with Crippen LogP contribution in [0.5, 0.6) is 23.0 Å². The number of benzene rings is 3. The molecule has 31 heavy (non-hydrogen) atoms. The van der Waals surface area contributed by atoms with E-state index in [1.807, 2.05) is 6.07 Å². The molecule has 0 heterocycles. The highest BCUT2D eigenvalue weighted by Crippen LogP contribution is 2.33. The molecule has 3 aromatic carbocycles. The van der Waals surface area contributed by atoms with Gasteiger partial charge in [0.25, 0.3) is 5.91 Å². The number of hydrogen-bond acceptors (Lipinski definition) is 6. The predicted molar refractivity (Wildman–Crippen MR) is 115 cm³/mol. The maximum Gasteiger partial charge on any atom is 0.313 e. The molecule has 3 rings (SSSR count). The zero-order chi connectivity index (χ0) is 22.4. The fourth-order valence-corrected chi connectivity index (χ4v) is 2.96. The van der Waals surface area contributed by atoms with Crippen LogP contribution in [0.4, 0.5) is 5.69 Å². The molecule has 3 aromatic rings. The molecule has 0 aromatic heterocycles. The molecule has 0 saturated heterocycles. The van der Waals surface area contributed by atoms with E-state index in [1.165, 1.54) is 18.2 Å². The SMILES string of the molecule is COc1ccc(CNC(=O)c2ccc(Oc3ccc(Cl)cc3[N+](=O)[O-])cc2)cc1OC. The quantitative estimate of drug-likeness (QED) is 0.389. The molecule has 0 atom stereocenters. The van der Waals surface area contributed by atoms with Gasteiger partial charge in [-0.05, 0) is 54.1 Å². The molecule has 0 fully saturated rings. The van der Waals surface area contributed by atoms with Crippen LogP contribution in [0.3, 0.4) is 0 Å². The van der Waals surface area contributed by atoms with Gasteiger partial charge in [-0.2, -0.15) is 0 Å². The molecule has 0 bridgehead atoms. The number of nitrogens with zero attached hydrogens (tertiary/aromatic N) is 1. The third-order valence-electron chi connectivity index (χ3n) is 4.36. The molecule has 0 unspecified atom stereocenters. The van der Waals surface area contributed by atoms with Gasteiger partial charge in [0.15, 0.2) is 11.5 Å². The lowest BCUT2D eigenvalue weighted by molar-refractivity contribution is -0.385. The van der Waals surface area contributed by atoms with Gasteiger partial charge < -0.3 is 19.5 Å². The minimum atomic E-state index is -0.572. The zero-order valence-corrected chi connectivity index (χ0v) is 17.5. The summed E-state index contributed by atoms with van der Waals surface area (Å²) in [5, 5.41) is 14.2. The van der Waals surface area contributed by atoms with Gasteiger partial charge in [-0.15, -0.1) is 0 Å². The van der Waals surface area contributed by atoms with Gasteiger partial charge in [-0.1, -0.05) is 17.7 Å². The average molecular weight is 443 g/mol. The first-order valence-electron chi connectivity index (χ1n) is 9.12. The van der Waals surface area contributed by atoms with Gasteiger partial charge >= 0.3 is 5.69 Å². The number of hydrogen-bond donors (Lipinski definition) is 1. The minimum absolute atomic E-state index is 0.0556. The molecule has 0 spiro atoms. The number of nitrogens with one attached hydrogen (secondary N) is 1. The number of carbonyl (C=O) groups is 1. The first-order valence-corrected chi connectivity index (χ1v) is 9.50. The van der Waals surface area contributed by atoms with E-state index in [4.69, 9.17) is 25.8 Å². The highest BCUT2D eigenvalue weighted by Gasteiger charge is 2.17.